The van der Waals surface area contributed by atoms with Crippen LogP contribution >= 0.6 is 12.2 Å². The first-order chi connectivity index (χ1) is 10.1. The Morgan fingerprint density at radius 3 is 2.67 bits per heavy atom. The first-order valence-corrected chi connectivity index (χ1v) is 6.67. The summed E-state index contributed by atoms with van der Waals surface area (Å²) < 4.78 is 18.8. The van der Waals surface area contributed by atoms with E-state index in [2.05, 4.69) is 4.98 Å². The number of nitrogens with zero attached hydrogens (tertiary/aromatic N) is 1. The van der Waals surface area contributed by atoms with Crippen molar-refractivity contribution in [2.45, 2.75) is 0 Å². The van der Waals surface area contributed by atoms with Crippen molar-refractivity contribution in [1.82, 2.24) is 4.98 Å². The molecule has 3 rings (SSSR count). The summed E-state index contributed by atoms with van der Waals surface area (Å²) in [7, 11) is 0. The third-order valence-electron chi connectivity index (χ3n) is 2.98. The lowest BCUT2D eigenvalue weighted by molar-refractivity contribution is 0.460. The van der Waals surface area contributed by atoms with Crippen LogP contribution in [0.4, 0.5) is 4.39 Å². The van der Waals surface area contributed by atoms with Crippen molar-refractivity contribution in [3.05, 3.63) is 66.0 Å². The van der Waals surface area contributed by atoms with Crippen molar-refractivity contribution in [2.75, 3.05) is 0 Å². The van der Waals surface area contributed by atoms with Crippen molar-refractivity contribution in [1.29, 1.82) is 0 Å². The van der Waals surface area contributed by atoms with Crippen LogP contribution in [0, 0.1) is 5.82 Å². The maximum absolute atomic E-state index is 13.2. The molecule has 0 aliphatic carbocycles. The molecule has 0 fully saturated rings. The van der Waals surface area contributed by atoms with E-state index in [4.69, 9.17) is 22.7 Å². The number of pyridine rings is 1. The van der Waals surface area contributed by atoms with Gasteiger partial charge in [-0.2, -0.15) is 0 Å². The van der Waals surface area contributed by atoms with Crippen molar-refractivity contribution >= 4 is 28.1 Å². The highest BCUT2D eigenvalue weighted by Gasteiger charge is 2.09. The van der Waals surface area contributed by atoms with E-state index in [-0.39, 0.29) is 10.8 Å². The van der Waals surface area contributed by atoms with Gasteiger partial charge in [0, 0.05) is 23.1 Å². The number of fused-ring (bicyclic) bond motifs is 1. The number of aromatic nitrogens is 1. The molecule has 21 heavy (non-hydrogen) atoms. The molecular formula is C16H11FN2OS. The number of ether oxygens (including phenoxy) is 1. The largest absolute Gasteiger partial charge is 0.439 e. The minimum Gasteiger partial charge on any atom is -0.439 e. The Bertz CT molecular complexity index is 835. The van der Waals surface area contributed by atoms with Gasteiger partial charge in [0.1, 0.15) is 16.6 Å². The first-order valence-electron chi connectivity index (χ1n) is 6.26. The summed E-state index contributed by atoms with van der Waals surface area (Å²) in [5, 5.41) is 0.858. The van der Waals surface area contributed by atoms with Crippen LogP contribution in [0.1, 0.15) is 5.56 Å². The third kappa shape index (κ3) is 2.83. The maximum Gasteiger partial charge on any atom is 0.220 e. The van der Waals surface area contributed by atoms with Gasteiger partial charge in [-0.1, -0.05) is 36.5 Å². The molecule has 104 valence electrons. The number of halogens is 1. The quantitative estimate of drug-likeness (QED) is 0.747. The minimum absolute atomic E-state index is 0.262. The number of hydrogen-bond donors (Lipinski definition) is 1. The van der Waals surface area contributed by atoms with Crippen molar-refractivity contribution in [3.63, 3.8) is 0 Å². The summed E-state index contributed by atoms with van der Waals surface area (Å²) in [6.07, 6.45) is 0. The number of hydrogen-bond acceptors (Lipinski definition) is 3. The van der Waals surface area contributed by atoms with Gasteiger partial charge in [-0.05, 0) is 18.2 Å². The lowest BCUT2D eigenvalue weighted by Gasteiger charge is -2.09. The number of thiocarbonyl (C=S) groups is 1. The number of rotatable bonds is 3. The molecule has 2 aromatic carbocycles. The number of para-hydroxylation sites is 1. The van der Waals surface area contributed by atoms with Gasteiger partial charge in [0.25, 0.3) is 0 Å². The normalized spacial score (nSPS) is 10.5. The molecule has 0 unspecified atom stereocenters. The molecule has 0 aliphatic rings. The van der Waals surface area contributed by atoms with Gasteiger partial charge in [0.15, 0.2) is 0 Å². The SMILES string of the molecule is NC(=S)c1cc(Oc2cccc(F)c2)nc2ccccc12. The maximum atomic E-state index is 13.2. The Morgan fingerprint density at radius 2 is 1.90 bits per heavy atom. The molecule has 0 saturated heterocycles. The van der Waals surface area contributed by atoms with E-state index in [0.29, 0.717) is 22.7 Å². The van der Waals surface area contributed by atoms with Gasteiger partial charge in [-0.3, -0.25) is 0 Å². The summed E-state index contributed by atoms with van der Waals surface area (Å²) in [5.74, 6) is 0.316. The molecule has 1 aromatic heterocycles. The molecule has 2 N–H and O–H groups in total. The second kappa shape index (κ2) is 5.46. The van der Waals surface area contributed by atoms with Gasteiger partial charge >= 0.3 is 0 Å². The zero-order valence-corrected chi connectivity index (χ0v) is 11.7. The predicted molar refractivity (Wildman–Crippen MR) is 84.1 cm³/mol. The fourth-order valence-electron chi connectivity index (χ4n) is 2.06. The van der Waals surface area contributed by atoms with Crippen molar-refractivity contribution in [2.24, 2.45) is 5.73 Å². The Morgan fingerprint density at radius 1 is 1.10 bits per heavy atom. The Kier molecular flexibility index (Phi) is 3.50. The van der Waals surface area contributed by atoms with E-state index in [1.54, 1.807) is 18.2 Å². The highest BCUT2D eigenvalue weighted by atomic mass is 32.1. The highest BCUT2D eigenvalue weighted by Crippen LogP contribution is 2.26. The van der Waals surface area contributed by atoms with Gasteiger partial charge in [-0.25, -0.2) is 9.37 Å². The van der Waals surface area contributed by atoms with E-state index in [9.17, 15) is 4.39 Å². The van der Waals surface area contributed by atoms with Gasteiger partial charge in [0.05, 0.1) is 5.52 Å². The standard InChI is InChI=1S/C16H11FN2OS/c17-10-4-3-5-11(8-10)20-15-9-13(16(18)21)12-6-1-2-7-14(12)19-15/h1-9H,(H2,18,21). The van der Waals surface area contributed by atoms with Gasteiger partial charge in [-0.15, -0.1) is 0 Å². The Labute approximate surface area is 126 Å². The summed E-state index contributed by atoms with van der Waals surface area (Å²) in [4.78, 5) is 4.65. The smallest absolute Gasteiger partial charge is 0.220 e. The number of nitrogens with two attached hydrogens (primary N) is 1. The fourth-order valence-corrected chi connectivity index (χ4v) is 2.23. The Balaban J connectivity index is 2.09. The summed E-state index contributed by atoms with van der Waals surface area (Å²) in [6, 6.07) is 15.0. The molecule has 0 amide bonds. The minimum atomic E-state index is -0.372. The molecule has 5 heteroatoms. The van der Waals surface area contributed by atoms with Crippen LogP contribution in [0.25, 0.3) is 10.9 Å². The molecule has 0 atom stereocenters. The Hall–Kier alpha value is -2.53. The fraction of sp³-hybridized carbons (Fsp3) is 0. The second-order valence-corrected chi connectivity index (χ2v) is 4.89. The molecule has 0 aliphatic heterocycles. The summed E-state index contributed by atoms with van der Waals surface area (Å²) in [6.45, 7) is 0. The summed E-state index contributed by atoms with van der Waals surface area (Å²) >= 11 is 5.07. The first kappa shape index (κ1) is 13.5. The topological polar surface area (TPSA) is 48.1 Å². The highest BCUT2D eigenvalue weighted by molar-refractivity contribution is 7.80. The number of benzene rings is 2. The molecular weight excluding hydrogens is 287 g/mol. The van der Waals surface area contributed by atoms with Crippen molar-refractivity contribution in [3.8, 4) is 11.6 Å². The van der Waals surface area contributed by atoms with E-state index in [0.717, 1.165) is 5.39 Å². The van der Waals surface area contributed by atoms with Crippen LogP contribution in [0.5, 0.6) is 11.6 Å². The molecule has 0 saturated carbocycles. The van der Waals surface area contributed by atoms with Gasteiger partial charge < -0.3 is 10.5 Å². The monoisotopic (exact) mass is 298 g/mol. The van der Waals surface area contributed by atoms with Crippen LogP contribution in [0.15, 0.2) is 54.6 Å². The van der Waals surface area contributed by atoms with Crippen LogP contribution < -0.4 is 10.5 Å². The van der Waals surface area contributed by atoms with E-state index < -0.39 is 0 Å². The molecule has 1 heterocycles. The zero-order chi connectivity index (χ0) is 14.8. The molecule has 0 radical (unpaired) electrons. The van der Waals surface area contributed by atoms with Crippen LogP contribution in [0.3, 0.4) is 0 Å². The molecule has 0 bridgehead atoms. The molecule has 0 spiro atoms. The molecule has 3 aromatic rings. The summed E-state index contributed by atoms with van der Waals surface area (Å²) in [5.41, 5.74) is 7.15. The lowest BCUT2D eigenvalue weighted by atomic mass is 10.1. The van der Waals surface area contributed by atoms with E-state index in [1.807, 2.05) is 24.3 Å². The average Bonchev–Trinajstić information content (AvgIpc) is 2.46. The predicted octanol–water partition coefficient (Wildman–Crippen LogP) is 3.80. The van der Waals surface area contributed by atoms with E-state index in [1.165, 1.54) is 12.1 Å². The van der Waals surface area contributed by atoms with Crippen LogP contribution in [-0.2, 0) is 0 Å². The zero-order valence-electron chi connectivity index (χ0n) is 10.9. The van der Waals surface area contributed by atoms with Crippen molar-refractivity contribution < 1.29 is 9.13 Å². The van der Waals surface area contributed by atoms with E-state index >= 15 is 0 Å². The third-order valence-corrected chi connectivity index (χ3v) is 3.20. The van der Waals surface area contributed by atoms with Gasteiger partial charge in [0.2, 0.25) is 5.88 Å². The molecule has 3 nitrogen and oxygen atoms in total. The lowest BCUT2D eigenvalue weighted by Crippen LogP contribution is -2.10. The van der Waals surface area contributed by atoms with Crippen LogP contribution in [-0.4, -0.2) is 9.97 Å². The second-order valence-electron chi connectivity index (χ2n) is 4.45. The average molecular weight is 298 g/mol. The van der Waals surface area contributed by atoms with Crippen LogP contribution in [0.2, 0.25) is 0 Å².